The molecule has 0 saturated carbocycles. The van der Waals surface area contributed by atoms with Gasteiger partial charge in [-0.25, -0.2) is 4.98 Å². The van der Waals surface area contributed by atoms with E-state index in [0.717, 1.165) is 5.69 Å². The van der Waals surface area contributed by atoms with E-state index in [9.17, 15) is 4.79 Å². The van der Waals surface area contributed by atoms with Crippen molar-refractivity contribution in [1.29, 1.82) is 0 Å². The van der Waals surface area contributed by atoms with Crippen LogP contribution in [0.1, 0.15) is 48.7 Å². The van der Waals surface area contributed by atoms with E-state index in [2.05, 4.69) is 25.7 Å². The minimum atomic E-state index is -0.346. The average molecular weight is 263 g/mol. The molecule has 7 nitrogen and oxygen atoms in total. The standard InChI is InChI=1S/C12H17N5O2/c1-7-5-8(19-17-7)6-13-10(18)9-14-11(16-15-9)12(2,3)4/h5H,6H2,1-4H3,(H,13,18)(H,14,15,16). The van der Waals surface area contributed by atoms with Crippen LogP contribution in [0.5, 0.6) is 0 Å². The predicted molar refractivity (Wildman–Crippen MR) is 67.5 cm³/mol. The van der Waals surface area contributed by atoms with Crippen LogP contribution in [0.25, 0.3) is 0 Å². The minimum Gasteiger partial charge on any atom is -0.359 e. The van der Waals surface area contributed by atoms with Crippen LogP contribution in [0.4, 0.5) is 0 Å². The second kappa shape index (κ2) is 4.83. The van der Waals surface area contributed by atoms with Gasteiger partial charge < -0.3 is 9.84 Å². The third-order valence-electron chi connectivity index (χ3n) is 2.50. The number of hydrogen-bond donors (Lipinski definition) is 2. The first kappa shape index (κ1) is 13.3. The number of aromatic amines is 1. The van der Waals surface area contributed by atoms with Gasteiger partial charge in [-0.1, -0.05) is 25.9 Å². The molecule has 2 rings (SSSR count). The Hall–Kier alpha value is -2.18. The summed E-state index contributed by atoms with van der Waals surface area (Å²) in [7, 11) is 0. The summed E-state index contributed by atoms with van der Waals surface area (Å²) < 4.78 is 5.00. The molecule has 0 aliphatic rings. The van der Waals surface area contributed by atoms with Crippen LogP contribution in [-0.4, -0.2) is 26.2 Å². The Balaban J connectivity index is 1.98. The smallest absolute Gasteiger partial charge is 0.291 e. The van der Waals surface area contributed by atoms with E-state index < -0.39 is 0 Å². The van der Waals surface area contributed by atoms with Gasteiger partial charge in [0.2, 0.25) is 5.82 Å². The molecule has 2 heterocycles. The Bertz CT molecular complexity index is 579. The summed E-state index contributed by atoms with van der Waals surface area (Å²) in [4.78, 5) is 16.0. The van der Waals surface area contributed by atoms with E-state index in [1.54, 1.807) is 6.07 Å². The van der Waals surface area contributed by atoms with Gasteiger partial charge in [0.05, 0.1) is 12.2 Å². The van der Waals surface area contributed by atoms with Crippen LogP contribution in [0.3, 0.4) is 0 Å². The highest BCUT2D eigenvalue weighted by molar-refractivity contribution is 5.90. The number of nitrogens with one attached hydrogen (secondary N) is 2. The van der Waals surface area contributed by atoms with E-state index in [0.29, 0.717) is 11.6 Å². The molecule has 0 spiro atoms. The first-order chi connectivity index (χ1) is 8.86. The fourth-order valence-corrected chi connectivity index (χ4v) is 1.44. The van der Waals surface area contributed by atoms with Crippen molar-refractivity contribution in [3.63, 3.8) is 0 Å². The zero-order valence-electron chi connectivity index (χ0n) is 11.4. The Morgan fingerprint density at radius 3 is 2.74 bits per heavy atom. The molecule has 1 amide bonds. The van der Waals surface area contributed by atoms with E-state index in [1.165, 1.54) is 0 Å². The molecule has 0 fully saturated rings. The summed E-state index contributed by atoms with van der Waals surface area (Å²) in [6.45, 7) is 8.06. The average Bonchev–Trinajstić information content (AvgIpc) is 2.93. The number of amides is 1. The van der Waals surface area contributed by atoms with E-state index in [1.807, 2.05) is 27.7 Å². The minimum absolute atomic E-state index is 0.126. The first-order valence-corrected chi connectivity index (χ1v) is 5.99. The summed E-state index contributed by atoms with van der Waals surface area (Å²) in [6.07, 6.45) is 0. The lowest BCUT2D eigenvalue weighted by atomic mass is 9.96. The number of H-pyrrole nitrogens is 1. The normalized spacial score (nSPS) is 11.6. The molecule has 0 aliphatic heterocycles. The lowest BCUT2D eigenvalue weighted by Gasteiger charge is -2.12. The molecule has 19 heavy (non-hydrogen) atoms. The van der Waals surface area contributed by atoms with Crippen molar-refractivity contribution in [1.82, 2.24) is 25.7 Å². The summed E-state index contributed by atoms with van der Waals surface area (Å²) in [5.41, 5.74) is 0.602. The van der Waals surface area contributed by atoms with Crippen molar-refractivity contribution in [2.24, 2.45) is 0 Å². The zero-order chi connectivity index (χ0) is 14.0. The van der Waals surface area contributed by atoms with Crippen LogP contribution < -0.4 is 5.32 Å². The fraction of sp³-hybridized carbons (Fsp3) is 0.500. The maximum Gasteiger partial charge on any atom is 0.291 e. The largest absolute Gasteiger partial charge is 0.359 e. The van der Waals surface area contributed by atoms with Gasteiger partial charge in [-0.05, 0) is 6.92 Å². The van der Waals surface area contributed by atoms with Gasteiger partial charge in [0.15, 0.2) is 5.76 Å². The molecule has 0 bridgehead atoms. The highest BCUT2D eigenvalue weighted by Crippen LogP contribution is 2.17. The molecular formula is C12H17N5O2. The lowest BCUT2D eigenvalue weighted by molar-refractivity contribution is 0.0937. The van der Waals surface area contributed by atoms with Crippen LogP contribution in [0.15, 0.2) is 10.6 Å². The highest BCUT2D eigenvalue weighted by Gasteiger charge is 2.21. The predicted octanol–water partition coefficient (Wildman–Crippen LogP) is 1.33. The van der Waals surface area contributed by atoms with Gasteiger partial charge in [0.25, 0.3) is 5.91 Å². The molecule has 0 unspecified atom stereocenters. The number of aromatic nitrogens is 4. The topological polar surface area (TPSA) is 96.7 Å². The molecule has 0 saturated heterocycles. The molecule has 2 aromatic rings. The van der Waals surface area contributed by atoms with Crippen molar-refractivity contribution in [3.05, 3.63) is 29.2 Å². The molecule has 2 aromatic heterocycles. The maximum absolute atomic E-state index is 11.8. The third kappa shape index (κ3) is 3.18. The number of carbonyl (C=O) groups is 1. The van der Waals surface area contributed by atoms with Crippen LogP contribution in [-0.2, 0) is 12.0 Å². The SMILES string of the molecule is Cc1cc(CNC(=O)c2n[nH]c(C(C)(C)C)n2)on1. The highest BCUT2D eigenvalue weighted by atomic mass is 16.5. The number of hydrogen-bond acceptors (Lipinski definition) is 5. The number of nitrogens with zero attached hydrogens (tertiary/aromatic N) is 3. The van der Waals surface area contributed by atoms with Gasteiger partial charge >= 0.3 is 0 Å². The molecule has 102 valence electrons. The van der Waals surface area contributed by atoms with Gasteiger partial charge in [-0.15, -0.1) is 5.10 Å². The van der Waals surface area contributed by atoms with Crippen molar-refractivity contribution < 1.29 is 9.32 Å². The van der Waals surface area contributed by atoms with Crippen molar-refractivity contribution in [2.45, 2.75) is 39.7 Å². The molecular weight excluding hydrogens is 246 g/mol. The van der Waals surface area contributed by atoms with Crippen LogP contribution >= 0.6 is 0 Å². The summed E-state index contributed by atoms with van der Waals surface area (Å²) in [6, 6.07) is 1.76. The number of aryl methyl sites for hydroxylation is 1. The number of carbonyl (C=O) groups excluding carboxylic acids is 1. The van der Waals surface area contributed by atoms with Crippen LogP contribution in [0.2, 0.25) is 0 Å². The second-order valence-corrected chi connectivity index (χ2v) is 5.37. The van der Waals surface area contributed by atoms with E-state index >= 15 is 0 Å². The van der Waals surface area contributed by atoms with Gasteiger partial charge in [-0.3, -0.25) is 9.89 Å². The molecule has 7 heteroatoms. The Morgan fingerprint density at radius 1 is 1.47 bits per heavy atom. The molecule has 0 aliphatic carbocycles. The van der Waals surface area contributed by atoms with Gasteiger partial charge in [0.1, 0.15) is 5.82 Å². The quantitative estimate of drug-likeness (QED) is 0.870. The van der Waals surface area contributed by atoms with Crippen molar-refractivity contribution >= 4 is 5.91 Å². The molecule has 2 N–H and O–H groups in total. The van der Waals surface area contributed by atoms with Crippen molar-refractivity contribution in [3.8, 4) is 0 Å². The number of rotatable bonds is 3. The van der Waals surface area contributed by atoms with E-state index in [-0.39, 0.29) is 23.7 Å². The zero-order valence-corrected chi connectivity index (χ0v) is 11.4. The summed E-state index contributed by atoms with van der Waals surface area (Å²) in [5, 5.41) is 13.1. The molecule has 0 atom stereocenters. The van der Waals surface area contributed by atoms with E-state index in [4.69, 9.17) is 4.52 Å². The Morgan fingerprint density at radius 2 is 2.21 bits per heavy atom. The molecule has 0 radical (unpaired) electrons. The van der Waals surface area contributed by atoms with Gasteiger partial charge in [-0.2, -0.15) is 0 Å². The molecule has 0 aromatic carbocycles. The van der Waals surface area contributed by atoms with Crippen LogP contribution in [0, 0.1) is 6.92 Å². The van der Waals surface area contributed by atoms with Crippen molar-refractivity contribution in [2.75, 3.05) is 0 Å². The third-order valence-corrected chi connectivity index (χ3v) is 2.50. The summed E-state index contributed by atoms with van der Waals surface area (Å²) in [5.74, 6) is 1.05. The summed E-state index contributed by atoms with van der Waals surface area (Å²) >= 11 is 0. The lowest BCUT2D eigenvalue weighted by Crippen LogP contribution is -2.24. The van der Waals surface area contributed by atoms with Gasteiger partial charge in [0, 0.05) is 11.5 Å². The first-order valence-electron chi connectivity index (χ1n) is 5.99. The fourth-order valence-electron chi connectivity index (χ4n) is 1.44. The second-order valence-electron chi connectivity index (χ2n) is 5.37. The monoisotopic (exact) mass is 263 g/mol. The Labute approximate surface area is 110 Å². The maximum atomic E-state index is 11.8. The Kier molecular flexibility index (Phi) is 3.37.